The molecule has 0 saturated carbocycles. The lowest BCUT2D eigenvalue weighted by molar-refractivity contribution is -0.145. The molecule has 3 aromatic rings. The molecular formula is C22H22O3. The summed E-state index contributed by atoms with van der Waals surface area (Å²) < 4.78 is 5.83. The Kier molecular flexibility index (Phi) is 4.75. The van der Waals surface area contributed by atoms with Crippen molar-refractivity contribution < 1.29 is 14.6 Å². The van der Waals surface area contributed by atoms with Crippen LogP contribution in [0.2, 0.25) is 0 Å². The molecule has 0 fully saturated rings. The number of ether oxygens (including phenoxy) is 1. The Morgan fingerprint density at radius 2 is 1.60 bits per heavy atom. The summed E-state index contributed by atoms with van der Waals surface area (Å²) in [6.45, 7) is 6.08. The Hall–Kier alpha value is -2.81. The zero-order valence-corrected chi connectivity index (χ0v) is 14.7. The third-order valence-electron chi connectivity index (χ3n) is 4.50. The van der Waals surface area contributed by atoms with Gasteiger partial charge in [-0.15, -0.1) is 0 Å². The van der Waals surface area contributed by atoms with Crippen molar-refractivity contribution in [1.29, 1.82) is 0 Å². The van der Waals surface area contributed by atoms with Gasteiger partial charge in [-0.2, -0.15) is 0 Å². The van der Waals surface area contributed by atoms with Crippen LogP contribution in [-0.4, -0.2) is 17.2 Å². The molecule has 128 valence electrons. The highest BCUT2D eigenvalue weighted by Crippen LogP contribution is 2.24. The Labute approximate surface area is 147 Å². The summed E-state index contributed by atoms with van der Waals surface area (Å²) in [5.74, 6) is -0.374. The molecule has 0 unspecified atom stereocenters. The van der Waals surface area contributed by atoms with Crippen LogP contribution in [0.15, 0.2) is 54.6 Å². The third-order valence-corrected chi connectivity index (χ3v) is 4.50. The van der Waals surface area contributed by atoms with E-state index in [9.17, 15) is 9.90 Å². The SMILES string of the molecule is Cc1cc(C)c(C[C@H](Oc2ccc3ccccc3c2)C(=O)O)c(C)c1. The van der Waals surface area contributed by atoms with Gasteiger partial charge >= 0.3 is 5.97 Å². The second kappa shape index (κ2) is 6.98. The predicted molar refractivity (Wildman–Crippen MR) is 100 cm³/mol. The van der Waals surface area contributed by atoms with E-state index in [1.54, 1.807) is 0 Å². The first-order valence-electron chi connectivity index (χ1n) is 8.39. The average Bonchev–Trinajstić information content (AvgIpc) is 2.56. The average molecular weight is 334 g/mol. The van der Waals surface area contributed by atoms with E-state index in [2.05, 4.69) is 12.1 Å². The fourth-order valence-corrected chi connectivity index (χ4v) is 3.30. The number of rotatable bonds is 5. The summed E-state index contributed by atoms with van der Waals surface area (Å²) >= 11 is 0. The van der Waals surface area contributed by atoms with Crippen molar-refractivity contribution in [2.24, 2.45) is 0 Å². The van der Waals surface area contributed by atoms with Crippen molar-refractivity contribution in [3.63, 3.8) is 0 Å². The van der Waals surface area contributed by atoms with Crippen LogP contribution >= 0.6 is 0 Å². The zero-order valence-electron chi connectivity index (χ0n) is 14.7. The largest absolute Gasteiger partial charge is 0.478 e. The second-order valence-electron chi connectivity index (χ2n) is 6.54. The number of benzene rings is 3. The van der Waals surface area contributed by atoms with E-state index in [4.69, 9.17) is 4.74 Å². The van der Waals surface area contributed by atoms with Crippen molar-refractivity contribution >= 4 is 16.7 Å². The number of hydrogen-bond donors (Lipinski definition) is 1. The van der Waals surface area contributed by atoms with Crippen molar-refractivity contribution in [2.75, 3.05) is 0 Å². The highest BCUT2D eigenvalue weighted by molar-refractivity contribution is 5.84. The molecule has 0 saturated heterocycles. The van der Waals surface area contributed by atoms with Crippen molar-refractivity contribution in [1.82, 2.24) is 0 Å². The molecule has 25 heavy (non-hydrogen) atoms. The lowest BCUT2D eigenvalue weighted by Gasteiger charge is -2.18. The molecule has 3 aromatic carbocycles. The van der Waals surface area contributed by atoms with E-state index in [-0.39, 0.29) is 0 Å². The van der Waals surface area contributed by atoms with Gasteiger partial charge < -0.3 is 9.84 Å². The van der Waals surface area contributed by atoms with Crippen LogP contribution in [0, 0.1) is 20.8 Å². The Morgan fingerprint density at radius 1 is 0.960 bits per heavy atom. The maximum atomic E-state index is 11.7. The monoisotopic (exact) mass is 334 g/mol. The van der Waals surface area contributed by atoms with Crippen molar-refractivity contribution in [3.8, 4) is 5.75 Å². The standard InChI is InChI=1S/C22H22O3/c1-14-10-15(2)20(16(3)11-14)13-21(22(23)24)25-19-9-8-17-6-4-5-7-18(17)12-19/h4-12,21H,13H2,1-3H3,(H,23,24)/t21-/m0/s1. The molecular weight excluding hydrogens is 312 g/mol. The summed E-state index contributed by atoms with van der Waals surface area (Å²) in [6.07, 6.45) is -0.568. The number of carboxylic acid groups (broad SMARTS) is 1. The number of aryl methyl sites for hydroxylation is 3. The first-order chi connectivity index (χ1) is 11.9. The predicted octanol–water partition coefficient (Wildman–Crippen LogP) is 4.84. The highest BCUT2D eigenvalue weighted by atomic mass is 16.5. The molecule has 0 radical (unpaired) electrons. The van der Waals surface area contributed by atoms with Crippen LogP contribution in [0.5, 0.6) is 5.75 Å². The number of carboxylic acids is 1. The smallest absolute Gasteiger partial charge is 0.345 e. The van der Waals surface area contributed by atoms with Crippen LogP contribution in [0.3, 0.4) is 0 Å². The topological polar surface area (TPSA) is 46.5 Å². The molecule has 3 nitrogen and oxygen atoms in total. The second-order valence-corrected chi connectivity index (χ2v) is 6.54. The van der Waals surface area contributed by atoms with Crippen LogP contribution < -0.4 is 4.74 Å². The van der Waals surface area contributed by atoms with Crippen LogP contribution in [0.1, 0.15) is 22.3 Å². The Morgan fingerprint density at radius 3 is 2.24 bits per heavy atom. The summed E-state index contributed by atoms with van der Waals surface area (Å²) in [5, 5.41) is 11.8. The molecule has 1 atom stereocenters. The molecule has 3 heteroatoms. The Balaban J connectivity index is 1.87. The van der Waals surface area contributed by atoms with Gasteiger partial charge in [0, 0.05) is 6.42 Å². The maximum absolute atomic E-state index is 11.7. The van der Waals surface area contributed by atoms with Gasteiger partial charge in [-0.05, 0) is 60.4 Å². The fraction of sp³-hybridized carbons (Fsp3) is 0.227. The molecule has 3 rings (SSSR count). The first-order valence-corrected chi connectivity index (χ1v) is 8.39. The molecule has 1 N–H and O–H groups in total. The number of carbonyl (C=O) groups is 1. The maximum Gasteiger partial charge on any atom is 0.345 e. The van der Waals surface area contributed by atoms with E-state index in [0.29, 0.717) is 12.2 Å². The van der Waals surface area contributed by atoms with Gasteiger partial charge in [-0.25, -0.2) is 4.79 Å². The molecule has 0 aromatic heterocycles. The molecule has 0 aliphatic carbocycles. The van der Waals surface area contributed by atoms with Crippen LogP contribution in [-0.2, 0) is 11.2 Å². The quantitative estimate of drug-likeness (QED) is 0.726. The van der Waals surface area contributed by atoms with Crippen LogP contribution in [0.4, 0.5) is 0 Å². The first kappa shape index (κ1) is 17.0. The van der Waals surface area contributed by atoms with E-state index in [1.807, 2.05) is 63.2 Å². The summed E-state index contributed by atoms with van der Waals surface area (Å²) in [6, 6.07) is 17.8. The summed E-state index contributed by atoms with van der Waals surface area (Å²) in [4.78, 5) is 11.7. The molecule has 0 aliphatic heterocycles. The van der Waals surface area contributed by atoms with E-state index < -0.39 is 12.1 Å². The van der Waals surface area contributed by atoms with Gasteiger partial charge in [0.1, 0.15) is 5.75 Å². The van der Waals surface area contributed by atoms with Crippen molar-refractivity contribution in [2.45, 2.75) is 33.3 Å². The minimum atomic E-state index is -0.951. The fourth-order valence-electron chi connectivity index (χ4n) is 3.30. The normalized spacial score (nSPS) is 12.1. The summed E-state index contributed by atoms with van der Waals surface area (Å²) in [5.41, 5.74) is 4.43. The highest BCUT2D eigenvalue weighted by Gasteiger charge is 2.22. The van der Waals surface area contributed by atoms with Gasteiger partial charge in [0.15, 0.2) is 6.10 Å². The summed E-state index contributed by atoms with van der Waals surface area (Å²) in [7, 11) is 0. The minimum absolute atomic E-state index is 0.347. The minimum Gasteiger partial charge on any atom is -0.478 e. The third kappa shape index (κ3) is 3.82. The van der Waals surface area contributed by atoms with Gasteiger partial charge in [0.05, 0.1) is 0 Å². The Bertz CT molecular complexity index is 904. The number of hydrogen-bond acceptors (Lipinski definition) is 2. The van der Waals surface area contributed by atoms with Crippen LogP contribution in [0.25, 0.3) is 10.8 Å². The van der Waals surface area contributed by atoms with Gasteiger partial charge in [0.25, 0.3) is 0 Å². The molecule has 0 bridgehead atoms. The molecule has 0 spiro atoms. The number of aliphatic carboxylic acids is 1. The van der Waals surface area contributed by atoms with Gasteiger partial charge in [0.2, 0.25) is 0 Å². The van der Waals surface area contributed by atoms with Crippen molar-refractivity contribution in [3.05, 3.63) is 76.9 Å². The molecule has 0 amide bonds. The van der Waals surface area contributed by atoms with E-state index >= 15 is 0 Å². The lowest BCUT2D eigenvalue weighted by atomic mass is 9.95. The van der Waals surface area contributed by atoms with E-state index in [0.717, 1.165) is 27.5 Å². The van der Waals surface area contributed by atoms with Gasteiger partial charge in [-0.1, -0.05) is 48.0 Å². The van der Waals surface area contributed by atoms with E-state index in [1.165, 1.54) is 5.56 Å². The number of fused-ring (bicyclic) bond motifs is 1. The lowest BCUT2D eigenvalue weighted by Crippen LogP contribution is -2.30. The molecule has 0 heterocycles. The molecule has 0 aliphatic rings. The zero-order chi connectivity index (χ0) is 18.0. The van der Waals surface area contributed by atoms with Gasteiger partial charge in [-0.3, -0.25) is 0 Å².